The van der Waals surface area contributed by atoms with Crippen molar-refractivity contribution in [2.24, 2.45) is 5.92 Å². The first-order chi connectivity index (χ1) is 20.8. The number of benzene rings is 2. The van der Waals surface area contributed by atoms with E-state index in [2.05, 4.69) is 55.9 Å². The predicted octanol–water partition coefficient (Wildman–Crippen LogP) is 6.76. The van der Waals surface area contributed by atoms with Crippen LogP contribution >= 0.6 is 0 Å². The van der Waals surface area contributed by atoms with Crippen LogP contribution in [0.4, 0.5) is 11.5 Å². The Kier molecular flexibility index (Phi) is 8.27. The Morgan fingerprint density at radius 1 is 0.907 bits per heavy atom. The Balaban J connectivity index is 1.04. The average molecular weight is 577 g/mol. The van der Waals surface area contributed by atoms with Gasteiger partial charge in [0.25, 0.3) is 11.8 Å². The summed E-state index contributed by atoms with van der Waals surface area (Å²) in [5.74, 6) is 1.71. The Bertz CT molecular complexity index is 1580. The van der Waals surface area contributed by atoms with E-state index in [9.17, 15) is 9.59 Å². The molecule has 2 N–H and O–H groups in total. The van der Waals surface area contributed by atoms with E-state index >= 15 is 0 Å². The van der Waals surface area contributed by atoms with E-state index < -0.39 is 0 Å². The molecule has 1 saturated heterocycles. The highest BCUT2D eigenvalue weighted by atomic mass is 16.2. The van der Waals surface area contributed by atoms with Crippen molar-refractivity contribution in [2.45, 2.75) is 65.0 Å². The van der Waals surface area contributed by atoms with Crippen LogP contribution in [0.25, 0.3) is 11.1 Å². The van der Waals surface area contributed by atoms with Gasteiger partial charge in [0.2, 0.25) is 0 Å². The zero-order valence-corrected chi connectivity index (χ0v) is 25.2. The minimum Gasteiger partial charge on any atom is -0.368 e. The van der Waals surface area contributed by atoms with Crippen LogP contribution in [0.3, 0.4) is 0 Å². The second-order valence-corrected chi connectivity index (χ2v) is 12.3. The summed E-state index contributed by atoms with van der Waals surface area (Å²) in [6, 6.07) is 18.2. The summed E-state index contributed by atoms with van der Waals surface area (Å²) >= 11 is 0. The molecule has 0 radical (unpaired) electrons. The van der Waals surface area contributed by atoms with E-state index in [1.807, 2.05) is 44.0 Å². The minimum atomic E-state index is -0.254. The number of piperidine rings is 1. The Labute approximate surface area is 253 Å². The molecule has 43 heavy (non-hydrogen) atoms. The zero-order chi connectivity index (χ0) is 29.9. The first-order valence-electron chi connectivity index (χ1n) is 15.4. The van der Waals surface area contributed by atoms with Crippen molar-refractivity contribution in [2.75, 3.05) is 23.7 Å². The fourth-order valence-corrected chi connectivity index (χ4v) is 5.72. The molecule has 222 valence electrons. The number of pyridine rings is 1. The lowest BCUT2D eigenvalue weighted by molar-refractivity contribution is 0.0712. The molecule has 2 fully saturated rings. The average Bonchev–Trinajstić information content (AvgIpc) is 3.71. The van der Waals surface area contributed by atoms with Crippen LogP contribution in [0, 0.1) is 12.8 Å². The van der Waals surface area contributed by atoms with Gasteiger partial charge in [0.15, 0.2) is 0 Å². The number of hydrogen-bond acceptors (Lipinski definition) is 5. The zero-order valence-electron chi connectivity index (χ0n) is 25.2. The highest BCUT2D eigenvalue weighted by molar-refractivity contribution is 6.05. The van der Waals surface area contributed by atoms with Gasteiger partial charge >= 0.3 is 0 Å². The second-order valence-electron chi connectivity index (χ2n) is 12.3. The molecule has 2 amide bonds. The molecule has 1 saturated carbocycles. The fraction of sp³-hybridized carbons (Fsp3) is 0.371. The molecule has 3 heterocycles. The molecule has 8 heteroatoms. The van der Waals surface area contributed by atoms with E-state index in [0.29, 0.717) is 35.8 Å². The highest BCUT2D eigenvalue weighted by Crippen LogP contribution is 2.32. The van der Waals surface area contributed by atoms with Gasteiger partial charge in [0.05, 0.1) is 11.8 Å². The minimum absolute atomic E-state index is 0.00159. The van der Waals surface area contributed by atoms with E-state index in [-0.39, 0.29) is 17.9 Å². The molecule has 4 aromatic rings. The fourth-order valence-electron chi connectivity index (χ4n) is 5.72. The maximum atomic E-state index is 13.5. The van der Waals surface area contributed by atoms with E-state index in [4.69, 9.17) is 0 Å². The smallest absolute Gasteiger partial charge is 0.257 e. The maximum absolute atomic E-state index is 13.5. The van der Waals surface area contributed by atoms with E-state index in [0.717, 1.165) is 42.2 Å². The van der Waals surface area contributed by atoms with E-state index in [1.54, 1.807) is 24.4 Å². The highest BCUT2D eigenvalue weighted by Gasteiger charge is 2.25. The predicted molar refractivity (Wildman–Crippen MR) is 170 cm³/mol. The number of anilines is 2. The molecule has 8 nitrogen and oxygen atoms in total. The van der Waals surface area contributed by atoms with Crippen LogP contribution in [-0.2, 0) is 6.54 Å². The summed E-state index contributed by atoms with van der Waals surface area (Å²) < 4.78 is 2.07. The third-order valence-electron chi connectivity index (χ3n) is 8.47. The molecule has 0 atom stereocenters. The third kappa shape index (κ3) is 6.96. The van der Waals surface area contributed by atoms with Crippen molar-refractivity contribution in [3.63, 3.8) is 0 Å². The number of amides is 2. The van der Waals surface area contributed by atoms with Crippen molar-refractivity contribution in [3.8, 4) is 11.1 Å². The number of hydrogen-bond donors (Lipinski definition) is 2. The SMILES string of the molecule is Cc1ccc(C(=O)N2CCC(c3ccc(-c4cnn(CC5CC5)c4)cc3)CC2)cc1NC(=O)c1ccc(NC(C)C)nc1. The number of likely N-dealkylation sites (tertiary alicyclic amines) is 1. The summed E-state index contributed by atoms with van der Waals surface area (Å²) in [6.07, 6.45) is 10.2. The summed E-state index contributed by atoms with van der Waals surface area (Å²) in [6.45, 7) is 8.43. The molecular weight excluding hydrogens is 536 g/mol. The van der Waals surface area contributed by atoms with Crippen molar-refractivity contribution in [3.05, 3.63) is 95.4 Å². The third-order valence-corrected chi connectivity index (χ3v) is 8.47. The van der Waals surface area contributed by atoms with Gasteiger partial charge in [-0.15, -0.1) is 0 Å². The molecule has 2 aromatic carbocycles. The monoisotopic (exact) mass is 576 g/mol. The standard InChI is InChI=1S/C35H40N6O2/c1-23(2)38-33-13-12-30(19-36-33)34(42)39-32-18-29(7-4-24(32)3)35(43)40-16-14-28(15-17-40)26-8-10-27(11-9-26)31-20-37-41(22-31)21-25-5-6-25/h4,7-13,18-20,22-23,25,28H,5-6,14-17,21H2,1-3H3,(H,36,38)(H,39,42). The number of nitrogens with one attached hydrogen (secondary N) is 2. The molecule has 2 aromatic heterocycles. The van der Waals surface area contributed by atoms with Gasteiger partial charge in [0, 0.05) is 54.9 Å². The Hall–Kier alpha value is -4.46. The molecule has 1 aliphatic heterocycles. The van der Waals surface area contributed by atoms with Gasteiger partial charge in [-0.25, -0.2) is 4.98 Å². The first kappa shape index (κ1) is 28.6. The number of carbonyl (C=O) groups excluding carboxylic acids is 2. The largest absolute Gasteiger partial charge is 0.368 e. The molecule has 2 aliphatic rings. The summed E-state index contributed by atoms with van der Waals surface area (Å²) in [4.78, 5) is 32.6. The van der Waals surface area contributed by atoms with Gasteiger partial charge in [0.1, 0.15) is 5.82 Å². The molecule has 6 rings (SSSR count). The van der Waals surface area contributed by atoms with Gasteiger partial charge in [-0.1, -0.05) is 30.3 Å². The van der Waals surface area contributed by atoms with Gasteiger partial charge < -0.3 is 15.5 Å². The van der Waals surface area contributed by atoms with Gasteiger partial charge in [-0.05, 0) is 99.2 Å². The van der Waals surface area contributed by atoms with Crippen LogP contribution < -0.4 is 10.6 Å². The van der Waals surface area contributed by atoms with Crippen LogP contribution in [0.2, 0.25) is 0 Å². The molecule has 0 spiro atoms. The normalized spacial score (nSPS) is 15.5. The van der Waals surface area contributed by atoms with Crippen LogP contribution in [-0.4, -0.2) is 50.6 Å². The molecule has 0 bridgehead atoms. The summed E-state index contributed by atoms with van der Waals surface area (Å²) in [7, 11) is 0. The number of carbonyl (C=O) groups is 2. The number of rotatable bonds is 9. The van der Waals surface area contributed by atoms with Crippen LogP contribution in [0.15, 0.2) is 73.2 Å². The van der Waals surface area contributed by atoms with Crippen molar-refractivity contribution in [1.29, 1.82) is 0 Å². The Morgan fingerprint density at radius 2 is 1.65 bits per heavy atom. The second kappa shape index (κ2) is 12.4. The topological polar surface area (TPSA) is 92.2 Å². The molecule has 1 aliphatic carbocycles. The van der Waals surface area contributed by atoms with E-state index in [1.165, 1.54) is 24.0 Å². The first-order valence-corrected chi connectivity index (χ1v) is 15.4. The number of nitrogens with zero attached hydrogens (tertiary/aromatic N) is 4. The number of aromatic nitrogens is 3. The summed E-state index contributed by atoms with van der Waals surface area (Å²) in [5, 5.41) is 10.7. The van der Waals surface area contributed by atoms with Gasteiger partial charge in [-0.2, -0.15) is 5.10 Å². The molecule has 0 unspecified atom stereocenters. The van der Waals surface area contributed by atoms with Crippen molar-refractivity contribution in [1.82, 2.24) is 19.7 Å². The lowest BCUT2D eigenvalue weighted by Gasteiger charge is -2.32. The van der Waals surface area contributed by atoms with Crippen molar-refractivity contribution >= 4 is 23.3 Å². The Morgan fingerprint density at radius 3 is 2.33 bits per heavy atom. The quantitative estimate of drug-likeness (QED) is 0.230. The lowest BCUT2D eigenvalue weighted by atomic mass is 9.88. The maximum Gasteiger partial charge on any atom is 0.257 e. The van der Waals surface area contributed by atoms with Crippen molar-refractivity contribution < 1.29 is 9.59 Å². The summed E-state index contributed by atoms with van der Waals surface area (Å²) in [5.41, 5.74) is 6.25. The van der Waals surface area contributed by atoms with Crippen LogP contribution in [0.5, 0.6) is 0 Å². The van der Waals surface area contributed by atoms with Crippen LogP contribution in [0.1, 0.15) is 77.3 Å². The lowest BCUT2D eigenvalue weighted by Crippen LogP contribution is -2.38. The number of aryl methyl sites for hydroxylation is 1. The van der Waals surface area contributed by atoms with Gasteiger partial charge in [-0.3, -0.25) is 14.3 Å². The molecular formula is C35H40N6O2.